The molecule has 0 aliphatic heterocycles. The highest BCUT2D eigenvalue weighted by molar-refractivity contribution is 14.1. The Morgan fingerprint density at radius 3 is 2.36 bits per heavy atom. The van der Waals surface area contributed by atoms with Crippen LogP contribution in [0.25, 0.3) is 0 Å². The predicted molar refractivity (Wildman–Crippen MR) is 53.2 cm³/mol. The van der Waals surface area contributed by atoms with Gasteiger partial charge in [0.2, 0.25) is 0 Å². The van der Waals surface area contributed by atoms with Gasteiger partial charge in [-0.1, -0.05) is 22.6 Å². The monoisotopic (exact) mass is 271 g/mol. The van der Waals surface area contributed by atoms with Gasteiger partial charge in [0, 0.05) is 17.5 Å². The van der Waals surface area contributed by atoms with Crippen LogP contribution in [-0.2, 0) is 4.74 Å². The molecule has 0 spiro atoms. The van der Waals surface area contributed by atoms with Gasteiger partial charge in [-0.25, -0.2) is 4.79 Å². The van der Waals surface area contributed by atoms with Crippen LogP contribution in [0.15, 0.2) is 0 Å². The predicted octanol–water partition coefficient (Wildman–Crippen LogP) is 1.90. The van der Waals surface area contributed by atoms with Crippen LogP contribution in [0.4, 0.5) is 4.79 Å². The third-order valence-electron chi connectivity index (χ3n) is 1.32. The fraction of sp³-hybridized carbons (Fsp3) is 0.857. The highest BCUT2D eigenvalue weighted by atomic mass is 127. The van der Waals surface area contributed by atoms with Crippen molar-refractivity contribution in [1.82, 2.24) is 4.90 Å². The van der Waals surface area contributed by atoms with Gasteiger partial charge in [-0.05, 0) is 13.8 Å². The lowest BCUT2D eigenvalue weighted by Gasteiger charge is -2.17. The van der Waals surface area contributed by atoms with E-state index in [9.17, 15) is 4.79 Å². The molecule has 0 aliphatic rings. The van der Waals surface area contributed by atoms with Crippen LogP contribution in [0.3, 0.4) is 0 Å². The van der Waals surface area contributed by atoms with Gasteiger partial charge in [0.15, 0.2) is 0 Å². The van der Waals surface area contributed by atoms with Crippen LogP contribution < -0.4 is 0 Å². The smallest absolute Gasteiger partial charge is 0.409 e. The minimum atomic E-state index is -0.202. The minimum absolute atomic E-state index is 0.202. The molecule has 0 unspecified atom stereocenters. The van der Waals surface area contributed by atoms with Gasteiger partial charge in [0.05, 0.1) is 0 Å². The van der Waals surface area contributed by atoms with Crippen molar-refractivity contribution in [2.45, 2.75) is 13.8 Å². The molecule has 0 saturated heterocycles. The number of ether oxygens (including phenoxy) is 1. The molecular weight excluding hydrogens is 257 g/mol. The molecule has 0 aromatic carbocycles. The van der Waals surface area contributed by atoms with Gasteiger partial charge in [0.1, 0.15) is 6.61 Å². The maximum absolute atomic E-state index is 11.1. The summed E-state index contributed by atoms with van der Waals surface area (Å²) in [6.07, 6.45) is -0.202. The Balaban J connectivity index is 3.61. The summed E-state index contributed by atoms with van der Waals surface area (Å²) in [5, 5.41) is 0. The molecule has 0 heterocycles. The second kappa shape index (κ2) is 6.69. The van der Waals surface area contributed by atoms with E-state index in [1.165, 1.54) is 0 Å². The van der Waals surface area contributed by atoms with Crippen molar-refractivity contribution < 1.29 is 9.53 Å². The zero-order valence-corrected chi connectivity index (χ0v) is 9.13. The molecule has 0 N–H and O–H groups in total. The highest BCUT2D eigenvalue weighted by Gasteiger charge is 2.08. The number of hydrogen-bond acceptors (Lipinski definition) is 2. The van der Waals surface area contributed by atoms with E-state index < -0.39 is 0 Å². The fourth-order valence-corrected chi connectivity index (χ4v) is 0.919. The van der Waals surface area contributed by atoms with Crippen LogP contribution in [0, 0.1) is 0 Å². The summed E-state index contributed by atoms with van der Waals surface area (Å²) >= 11 is 2.17. The first kappa shape index (κ1) is 11.0. The second-order valence-corrected chi connectivity index (χ2v) is 3.05. The largest absolute Gasteiger partial charge is 0.449 e. The maximum Gasteiger partial charge on any atom is 0.409 e. The van der Waals surface area contributed by atoms with E-state index in [0.717, 1.165) is 17.5 Å². The van der Waals surface area contributed by atoms with Crippen molar-refractivity contribution in [2.75, 3.05) is 24.1 Å². The van der Waals surface area contributed by atoms with Crippen LogP contribution in [0.2, 0.25) is 0 Å². The number of halogens is 1. The molecule has 0 aromatic rings. The Hall–Kier alpha value is 0. The van der Waals surface area contributed by atoms with Crippen molar-refractivity contribution in [2.24, 2.45) is 0 Å². The van der Waals surface area contributed by atoms with Crippen molar-refractivity contribution in [3.05, 3.63) is 0 Å². The number of rotatable bonds is 4. The molecule has 11 heavy (non-hydrogen) atoms. The Labute approximate surface area is 81.2 Å². The molecule has 0 bridgehead atoms. The summed E-state index contributed by atoms with van der Waals surface area (Å²) in [4.78, 5) is 12.7. The van der Waals surface area contributed by atoms with Crippen molar-refractivity contribution in [1.29, 1.82) is 0 Å². The first-order valence-electron chi connectivity index (χ1n) is 3.73. The van der Waals surface area contributed by atoms with Gasteiger partial charge in [-0.2, -0.15) is 0 Å². The van der Waals surface area contributed by atoms with Gasteiger partial charge in [-0.3, -0.25) is 0 Å². The average Bonchev–Trinajstić information content (AvgIpc) is 2.03. The lowest BCUT2D eigenvalue weighted by atomic mass is 10.6. The molecule has 0 saturated carbocycles. The van der Waals surface area contributed by atoms with Crippen molar-refractivity contribution >= 4 is 28.7 Å². The molecule has 0 fully saturated rings. The van der Waals surface area contributed by atoms with E-state index in [1.807, 2.05) is 13.8 Å². The molecule has 0 radical (unpaired) electrons. The summed E-state index contributed by atoms with van der Waals surface area (Å²) in [5.74, 6) is 0. The van der Waals surface area contributed by atoms with Crippen LogP contribution in [0.5, 0.6) is 0 Å². The Morgan fingerprint density at radius 2 is 2.00 bits per heavy atom. The average molecular weight is 271 g/mol. The number of alkyl halides is 1. The first-order valence-corrected chi connectivity index (χ1v) is 5.26. The number of carbonyl (C=O) groups is 1. The zero-order valence-electron chi connectivity index (χ0n) is 6.97. The Kier molecular flexibility index (Phi) is 6.69. The topological polar surface area (TPSA) is 29.5 Å². The molecule has 0 atom stereocenters. The van der Waals surface area contributed by atoms with E-state index in [1.54, 1.807) is 4.90 Å². The summed E-state index contributed by atoms with van der Waals surface area (Å²) in [6.45, 7) is 5.83. The minimum Gasteiger partial charge on any atom is -0.449 e. The molecule has 3 nitrogen and oxygen atoms in total. The quantitative estimate of drug-likeness (QED) is 0.577. The van der Waals surface area contributed by atoms with E-state index in [0.29, 0.717) is 6.61 Å². The van der Waals surface area contributed by atoms with E-state index in [4.69, 9.17) is 4.74 Å². The number of amides is 1. The standard InChI is InChI=1S/C7H14INO2/c1-3-9(4-2)7(10)11-6-5-8/h3-6H2,1-2H3. The van der Waals surface area contributed by atoms with Gasteiger partial charge in [-0.15, -0.1) is 0 Å². The molecule has 0 rings (SSSR count). The van der Waals surface area contributed by atoms with E-state index in [-0.39, 0.29) is 6.09 Å². The second-order valence-electron chi connectivity index (χ2n) is 1.98. The summed E-state index contributed by atoms with van der Waals surface area (Å²) in [5.41, 5.74) is 0. The normalized spacial score (nSPS) is 9.36. The SMILES string of the molecule is CCN(CC)C(=O)OCCI. The van der Waals surface area contributed by atoms with Crippen LogP contribution >= 0.6 is 22.6 Å². The lowest BCUT2D eigenvalue weighted by molar-refractivity contribution is 0.112. The molecule has 66 valence electrons. The molecule has 4 heteroatoms. The van der Waals surface area contributed by atoms with E-state index >= 15 is 0 Å². The Morgan fingerprint density at radius 1 is 1.45 bits per heavy atom. The number of carbonyl (C=O) groups excluding carboxylic acids is 1. The third kappa shape index (κ3) is 4.44. The molecule has 0 aromatic heterocycles. The summed E-state index contributed by atoms with van der Waals surface area (Å²) < 4.78 is 5.77. The number of nitrogens with zero attached hydrogens (tertiary/aromatic N) is 1. The molecular formula is C7H14INO2. The van der Waals surface area contributed by atoms with Crippen molar-refractivity contribution in [3.8, 4) is 0 Å². The molecule has 1 amide bonds. The van der Waals surface area contributed by atoms with Gasteiger partial charge in [0.25, 0.3) is 0 Å². The molecule has 0 aliphatic carbocycles. The zero-order chi connectivity index (χ0) is 8.69. The third-order valence-corrected chi connectivity index (χ3v) is 1.76. The highest BCUT2D eigenvalue weighted by Crippen LogP contribution is 1.93. The van der Waals surface area contributed by atoms with E-state index in [2.05, 4.69) is 22.6 Å². The van der Waals surface area contributed by atoms with Gasteiger partial charge >= 0.3 is 6.09 Å². The summed E-state index contributed by atoms with van der Waals surface area (Å²) in [7, 11) is 0. The lowest BCUT2D eigenvalue weighted by Crippen LogP contribution is -2.31. The van der Waals surface area contributed by atoms with Crippen LogP contribution in [0.1, 0.15) is 13.8 Å². The fourth-order valence-electron chi connectivity index (χ4n) is 0.699. The van der Waals surface area contributed by atoms with Crippen LogP contribution in [-0.4, -0.2) is 35.1 Å². The van der Waals surface area contributed by atoms with Gasteiger partial charge < -0.3 is 9.64 Å². The number of hydrogen-bond donors (Lipinski definition) is 0. The first-order chi connectivity index (χ1) is 5.26. The maximum atomic E-state index is 11.1. The van der Waals surface area contributed by atoms with Crippen molar-refractivity contribution in [3.63, 3.8) is 0 Å². The Bertz CT molecular complexity index is 115. The summed E-state index contributed by atoms with van der Waals surface area (Å²) in [6, 6.07) is 0.